The van der Waals surface area contributed by atoms with Gasteiger partial charge in [0.25, 0.3) is 0 Å². The van der Waals surface area contributed by atoms with E-state index in [0.717, 1.165) is 17.8 Å². The van der Waals surface area contributed by atoms with Gasteiger partial charge in [-0.25, -0.2) is 0 Å². The Bertz CT molecular complexity index is 1140. The lowest BCUT2D eigenvalue weighted by Gasteiger charge is -2.46. The maximum absolute atomic E-state index is 13.1. The van der Waals surface area contributed by atoms with Crippen molar-refractivity contribution in [3.8, 4) is 0 Å². The second-order valence-electron chi connectivity index (χ2n) is 10.9. The topological polar surface area (TPSA) is 15.3 Å². The average Bonchev–Trinajstić information content (AvgIpc) is 3.44. The highest BCUT2D eigenvalue weighted by atomic mass is 28.3. The van der Waals surface area contributed by atoms with Crippen LogP contribution in [0.3, 0.4) is 0 Å². The number of hydrogen-bond acceptors (Lipinski definition) is 2. The van der Waals surface area contributed by atoms with Gasteiger partial charge in [0.15, 0.2) is 0 Å². The van der Waals surface area contributed by atoms with E-state index < -0.39 is 20.0 Å². The lowest BCUT2D eigenvalue weighted by atomic mass is 9.83. The monoisotopic (exact) mass is 492 g/mol. The largest absolute Gasteiger partial charge is 0.416 e. The van der Waals surface area contributed by atoms with E-state index in [-0.39, 0.29) is 12.1 Å². The molecule has 0 spiro atoms. The molecule has 2 nitrogen and oxygen atoms in total. The van der Waals surface area contributed by atoms with Gasteiger partial charge in [-0.05, 0) is 52.5 Å². The molecule has 0 amide bonds. The van der Waals surface area contributed by atoms with Crippen molar-refractivity contribution >= 4 is 13.8 Å². The lowest BCUT2D eigenvalue weighted by molar-refractivity contribution is -0.137. The van der Waals surface area contributed by atoms with Crippen LogP contribution >= 0.6 is 0 Å². The summed E-state index contributed by atoms with van der Waals surface area (Å²) in [7, 11) is -1.95. The van der Waals surface area contributed by atoms with Crippen LogP contribution in [0.5, 0.6) is 0 Å². The van der Waals surface area contributed by atoms with Gasteiger partial charge in [0.1, 0.15) is 8.24 Å². The highest BCUT2D eigenvalue weighted by Gasteiger charge is 2.57. The number of benzene rings is 1. The zero-order valence-corrected chi connectivity index (χ0v) is 21.0. The van der Waals surface area contributed by atoms with Gasteiger partial charge in [0.2, 0.25) is 0 Å². The fourth-order valence-corrected chi connectivity index (χ4v) is 11.8. The van der Waals surface area contributed by atoms with E-state index in [1.807, 2.05) is 0 Å². The van der Waals surface area contributed by atoms with Gasteiger partial charge < -0.3 is 4.57 Å². The summed E-state index contributed by atoms with van der Waals surface area (Å²) < 4.78 is 42.0. The molecular weight excluding hydrogens is 461 g/mol. The van der Waals surface area contributed by atoms with E-state index in [1.54, 1.807) is 12.1 Å². The van der Waals surface area contributed by atoms with Crippen molar-refractivity contribution in [2.45, 2.75) is 36.9 Å². The molecule has 0 bridgehead atoms. The molecule has 6 rings (SSSR count). The third-order valence-electron chi connectivity index (χ3n) is 8.92. The quantitative estimate of drug-likeness (QED) is 0.481. The van der Waals surface area contributed by atoms with Crippen LogP contribution in [0.2, 0.25) is 18.6 Å². The Morgan fingerprint density at radius 2 is 1.37 bits per heavy atom. The zero-order chi connectivity index (χ0) is 24.4. The number of nitrogens with one attached hydrogen (secondary N) is 1. The van der Waals surface area contributed by atoms with E-state index in [1.165, 1.54) is 12.1 Å². The highest BCUT2D eigenvalue weighted by molar-refractivity contribution is 6.76. The zero-order valence-electron chi connectivity index (χ0n) is 20.0. The molecule has 1 N–H and O–H groups in total. The number of nitrogens with zero attached hydrogens (tertiary/aromatic N) is 1. The van der Waals surface area contributed by atoms with Crippen molar-refractivity contribution in [2.24, 2.45) is 23.7 Å². The number of fused-ring (bicyclic) bond motifs is 4. The van der Waals surface area contributed by atoms with Gasteiger partial charge >= 0.3 is 6.18 Å². The molecule has 1 saturated heterocycles. The number of halogens is 3. The molecule has 1 heterocycles. The molecule has 6 atom stereocenters. The molecule has 182 valence electrons. The first-order chi connectivity index (χ1) is 16.8. The van der Waals surface area contributed by atoms with Crippen LogP contribution in [0.15, 0.2) is 91.1 Å². The molecule has 1 aromatic carbocycles. The predicted molar refractivity (Wildman–Crippen MR) is 138 cm³/mol. The molecule has 0 radical (unpaired) electrons. The molecule has 5 unspecified atom stereocenters. The maximum Gasteiger partial charge on any atom is 0.416 e. The summed E-state index contributed by atoms with van der Waals surface area (Å²) in [6, 6.07) is 5.91. The molecule has 1 aliphatic heterocycles. The SMILES string of the molecule is C[Si](C)(C1C2C=CC=CC2C2C=CC=CC21)N1CNC2C(c3ccc(C(F)(F)F)cc3)=CC=C[C@H]21. The van der Waals surface area contributed by atoms with E-state index in [9.17, 15) is 13.2 Å². The van der Waals surface area contributed by atoms with Crippen LogP contribution < -0.4 is 5.32 Å². The van der Waals surface area contributed by atoms with Gasteiger partial charge in [-0.3, -0.25) is 5.32 Å². The standard InChI is InChI=1S/C29H31F3N2Si/c1-35(2,28-24-10-5-3-8-22(24)23-9-4-6-11-25(23)28)34-18-33-27-21(12-7-13-26(27)34)19-14-16-20(17-15-19)29(30,31)32/h3-17,22-28,33H,18H2,1-2H3/t22?,23?,24?,25?,26-,27?,28?/m1/s1. The molecule has 0 aromatic heterocycles. The average molecular weight is 493 g/mol. The fourth-order valence-electron chi connectivity index (χ4n) is 7.36. The third-order valence-corrected chi connectivity index (χ3v) is 13.3. The second-order valence-corrected chi connectivity index (χ2v) is 15.5. The van der Waals surface area contributed by atoms with Crippen LogP contribution in [-0.2, 0) is 6.18 Å². The summed E-state index contributed by atoms with van der Waals surface area (Å²) in [4.78, 5) is 0. The van der Waals surface area contributed by atoms with Gasteiger partial charge in [-0.15, -0.1) is 0 Å². The molecule has 1 saturated carbocycles. The first kappa shape index (κ1) is 23.0. The van der Waals surface area contributed by atoms with Gasteiger partial charge in [-0.2, -0.15) is 13.2 Å². The summed E-state index contributed by atoms with van der Waals surface area (Å²) >= 11 is 0. The summed E-state index contributed by atoms with van der Waals surface area (Å²) in [6.07, 6.45) is 20.7. The van der Waals surface area contributed by atoms with Crippen LogP contribution in [-0.4, -0.2) is 31.6 Å². The molecule has 1 aromatic rings. The fraction of sp³-hybridized carbons (Fsp3) is 0.379. The Hall–Kier alpha value is -2.41. The summed E-state index contributed by atoms with van der Waals surface area (Å²) in [5.41, 5.74) is 1.91. The molecule has 4 aliphatic carbocycles. The van der Waals surface area contributed by atoms with Crippen molar-refractivity contribution in [2.75, 3.05) is 6.67 Å². The minimum atomic E-state index is -4.32. The number of hydrogen-bond donors (Lipinski definition) is 1. The number of rotatable bonds is 3. The van der Waals surface area contributed by atoms with Crippen molar-refractivity contribution in [3.63, 3.8) is 0 Å². The lowest BCUT2D eigenvalue weighted by Crippen LogP contribution is -2.57. The third kappa shape index (κ3) is 3.69. The Morgan fingerprint density at radius 1 is 0.800 bits per heavy atom. The van der Waals surface area contributed by atoms with E-state index in [2.05, 4.69) is 89.8 Å². The predicted octanol–water partition coefficient (Wildman–Crippen LogP) is 6.56. The first-order valence-electron chi connectivity index (χ1n) is 12.5. The van der Waals surface area contributed by atoms with Crippen molar-refractivity contribution in [1.82, 2.24) is 9.88 Å². The smallest absolute Gasteiger partial charge is 0.304 e. The Morgan fingerprint density at radius 3 is 1.94 bits per heavy atom. The molecule has 6 heteroatoms. The molecule has 5 aliphatic rings. The summed E-state index contributed by atoms with van der Waals surface area (Å²) in [5.74, 6) is 2.19. The Kier molecular flexibility index (Phi) is 5.47. The number of alkyl halides is 3. The van der Waals surface area contributed by atoms with Crippen molar-refractivity contribution in [1.29, 1.82) is 0 Å². The van der Waals surface area contributed by atoms with Crippen molar-refractivity contribution in [3.05, 3.63) is 102 Å². The maximum atomic E-state index is 13.1. The van der Waals surface area contributed by atoms with Crippen LogP contribution in [0.4, 0.5) is 13.2 Å². The first-order valence-corrected chi connectivity index (χ1v) is 15.6. The van der Waals surface area contributed by atoms with Crippen LogP contribution in [0, 0.1) is 23.7 Å². The normalized spacial score (nSPS) is 35.7. The second kappa shape index (κ2) is 8.32. The minimum absolute atomic E-state index is 0.0834. The summed E-state index contributed by atoms with van der Waals surface area (Å²) in [5, 5.41) is 3.73. The van der Waals surface area contributed by atoms with E-state index >= 15 is 0 Å². The van der Waals surface area contributed by atoms with Crippen molar-refractivity contribution < 1.29 is 13.2 Å². The molecule has 35 heavy (non-hydrogen) atoms. The van der Waals surface area contributed by atoms with Gasteiger partial charge in [0, 0.05) is 12.7 Å². The van der Waals surface area contributed by atoms with Gasteiger partial charge in [0.05, 0.1) is 11.6 Å². The number of allylic oxidation sites excluding steroid dienone is 10. The van der Waals surface area contributed by atoms with E-state index in [0.29, 0.717) is 29.2 Å². The molecule has 2 fully saturated rings. The van der Waals surface area contributed by atoms with Crippen LogP contribution in [0.25, 0.3) is 5.57 Å². The van der Waals surface area contributed by atoms with Gasteiger partial charge in [-0.1, -0.05) is 92.1 Å². The summed E-state index contributed by atoms with van der Waals surface area (Å²) in [6.45, 7) is 5.84. The van der Waals surface area contributed by atoms with Crippen LogP contribution in [0.1, 0.15) is 11.1 Å². The molecular formula is C29H31F3N2Si. The minimum Gasteiger partial charge on any atom is -0.304 e. The van der Waals surface area contributed by atoms with E-state index in [4.69, 9.17) is 0 Å². The highest BCUT2D eigenvalue weighted by Crippen LogP contribution is 2.59. The Balaban J connectivity index is 1.29. The Labute approximate surface area is 206 Å².